The van der Waals surface area contributed by atoms with Crippen LogP contribution in [0.5, 0.6) is 11.5 Å². The number of anilines is 1. The molecule has 0 saturated carbocycles. The van der Waals surface area contributed by atoms with E-state index in [1.165, 1.54) is 28.0 Å². The first-order valence-corrected chi connectivity index (χ1v) is 16.6. The van der Waals surface area contributed by atoms with Gasteiger partial charge in [0.1, 0.15) is 23.4 Å². The van der Waals surface area contributed by atoms with Crippen molar-refractivity contribution in [2.45, 2.75) is 55.3 Å². The minimum absolute atomic E-state index is 0.0193. The molecule has 2 aliphatic rings. The number of aliphatic hydroxyl groups is 1. The first-order valence-electron chi connectivity index (χ1n) is 14.4. The highest BCUT2D eigenvalue weighted by molar-refractivity contribution is 8.00. The molecule has 4 aromatic rings. The first-order chi connectivity index (χ1) is 21.3. The van der Waals surface area contributed by atoms with Gasteiger partial charge in [-0.05, 0) is 66.4 Å². The van der Waals surface area contributed by atoms with Crippen molar-refractivity contribution in [3.63, 3.8) is 0 Å². The Morgan fingerprint density at radius 1 is 1.14 bits per heavy atom. The molecule has 1 amide bonds. The Bertz CT molecular complexity index is 1760. The van der Waals surface area contributed by atoms with Gasteiger partial charge in [0.15, 0.2) is 4.34 Å². The van der Waals surface area contributed by atoms with Crippen molar-refractivity contribution in [2.75, 3.05) is 11.5 Å². The van der Waals surface area contributed by atoms with E-state index in [0.29, 0.717) is 45.0 Å². The largest absolute Gasteiger partial charge is 0.507 e. The summed E-state index contributed by atoms with van der Waals surface area (Å²) in [5, 5.41) is 21.2. The van der Waals surface area contributed by atoms with Crippen LogP contribution in [0.3, 0.4) is 0 Å². The Balaban J connectivity index is 1.39. The van der Waals surface area contributed by atoms with Gasteiger partial charge < -0.3 is 14.6 Å². The van der Waals surface area contributed by atoms with Crippen LogP contribution in [0.4, 0.5) is 5.13 Å². The SMILES string of the molecule is CCCCOc1cccc([C@H]2C(=C(O)c3ccc4c(c3)C[C@H](C)O4)C(=O)C(=O)N2c2nnc(SCc3ccccc3Cl)s2)c1. The number of hydrogen-bond acceptors (Lipinski definition) is 9. The molecule has 0 aliphatic carbocycles. The van der Waals surface area contributed by atoms with Crippen molar-refractivity contribution in [1.82, 2.24) is 10.2 Å². The number of ether oxygens (including phenoxy) is 2. The Morgan fingerprint density at radius 2 is 1.98 bits per heavy atom. The van der Waals surface area contributed by atoms with Gasteiger partial charge in [-0.3, -0.25) is 14.5 Å². The highest BCUT2D eigenvalue weighted by Gasteiger charge is 2.48. The van der Waals surface area contributed by atoms with Gasteiger partial charge in [-0.2, -0.15) is 0 Å². The maximum Gasteiger partial charge on any atom is 0.301 e. The summed E-state index contributed by atoms with van der Waals surface area (Å²) in [5.74, 6) is 0.0839. The van der Waals surface area contributed by atoms with E-state index < -0.39 is 17.7 Å². The van der Waals surface area contributed by atoms with Crippen LogP contribution < -0.4 is 14.4 Å². The van der Waals surface area contributed by atoms with E-state index in [1.54, 1.807) is 18.2 Å². The van der Waals surface area contributed by atoms with Crippen LogP contribution in [0, 0.1) is 0 Å². The van der Waals surface area contributed by atoms with E-state index in [4.69, 9.17) is 21.1 Å². The number of halogens is 1. The summed E-state index contributed by atoms with van der Waals surface area (Å²) < 4.78 is 12.4. The summed E-state index contributed by atoms with van der Waals surface area (Å²) >= 11 is 8.97. The number of aromatic nitrogens is 2. The maximum absolute atomic E-state index is 13.7. The maximum atomic E-state index is 13.7. The Kier molecular flexibility index (Phi) is 8.93. The molecule has 1 aromatic heterocycles. The van der Waals surface area contributed by atoms with Gasteiger partial charge in [0, 0.05) is 22.8 Å². The summed E-state index contributed by atoms with van der Waals surface area (Å²) in [7, 11) is 0. The minimum atomic E-state index is -0.942. The van der Waals surface area contributed by atoms with Crippen molar-refractivity contribution in [2.24, 2.45) is 0 Å². The lowest BCUT2D eigenvalue weighted by Crippen LogP contribution is -2.29. The Morgan fingerprint density at radius 3 is 2.80 bits per heavy atom. The zero-order chi connectivity index (χ0) is 30.8. The number of aliphatic hydroxyl groups excluding tert-OH is 1. The van der Waals surface area contributed by atoms with Crippen LogP contribution in [0.1, 0.15) is 55.0 Å². The molecule has 44 heavy (non-hydrogen) atoms. The van der Waals surface area contributed by atoms with Crippen LogP contribution in [0.15, 0.2) is 76.6 Å². The molecule has 11 heteroatoms. The molecule has 6 rings (SSSR count). The fraction of sp³-hybridized carbons (Fsp3) is 0.273. The molecule has 0 unspecified atom stereocenters. The topological polar surface area (TPSA) is 102 Å². The summed E-state index contributed by atoms with van der Waals surface area (Å²) in [4.78, 5) is 28.7. The van der Waals surface area contributed by atoms with Crippen molar-refractivity contribution in [3.05, 3.63) is 99.6 Å². The molecular formula is C33H30ClN3O5S2. The number of amides is 1. The molecule has 226 valence electrons. The van der Waals surface area contributed by atoms with Gasteiger partial charge in [-0.25, -0.2) is 0 Å². The normalized spacial score (nSPS) is 18.8. The van der Waals surface area contributed by atoms with Gasteiger partial charge in [-0.15, -0.1) is 10.2 Å². The Labute approximate surface area is 268 Å². The second kappa shape index (κ2) is 13.0. The molecule has 3 heterocycles. The van der Waals surface area contributed by atoms with E-state index in [1.807, 2.05) is 55.5 Å². The van der Waals surface area contributed by atoms with Gasteiger partial charge in [0.25, 0.3) is 5.78 Å². The average molecular weight is 648 g/mol. The number of benzene rings is 3. The second-order valence-electron chi connectivity index (χ2n) is 10.6. The molecule has 1 fully saturated rings. The summed E-state index contributed by atoms with van der Waals surface area (Å²) in [6.07, 6.45) is 2.58. The quantitative estimate of drug-likeness (QED) is 0.0469. The number of carbonyl (C=O) groups is 2. The molecule has 2 atom stereocenters. The van der Waals surface area contributed by atoms with E-state index in [0.717, 1.165) is 29.7 Å². The lowest BCUT2D eigenvalue weighted by molar-refractivity contribution is -0.132. The molecule has 0 spiro atoms. The molecular weight excluding hydrogens is 618 g/mol. The monoisotopic (exact) mass is 647 g/mol. The van der Waals surface area contributed by atoms with Crippen molar-refractivity contribution in [3.8, 4) is 11.5 Å². The molecule has 0 bridgehead atoms. The zero-order valence-corrected chi connectivity index (χ0v) is 26.5. The predicted molar refractivity (Wildman–Crippen MR) is 173 cm³/mol. The van der Waals surface area contributed by atoms with Gasteiger partial charge in [0.05, 0.1) is 18.2 Å². The van der Waals surface area contributed by atoms with Crippen LogP contribution in [0.25, 0.3) is 5.76 Å². The fourth-order valence-corrected chi connectivity index (χ4v) is 7.45. The fourth-order valence-electron chi connectivity index (χ4n) is 5.29. The smallest absolute Gasteiger partial charge is 0.301 e. The third kappa shape index (κ3) is 6.06. The highest BCUT2D eigenvalue weighted by Crippen LogP contribution is 2.45. The van der Waals surface area contributed by atoms with Crippen molar-refractivity contribution < 1.29 is 24.2 Å². The van der Waals surface area contributed by atoms with Crippen LogP contribution in [-0.2, 0) is 21.8 Å². The van der Waals surface area contributed by atoms with Crippen LogP contribution in [0.2, 0.25) is 5.02 Å². The third-order valence-electron chi connectivity index (χ3n) is 7.47. The van der Waals surface area contributed by atoms with Crippen molar-refractivity contribution >= 4 is 57.3 Å². The highest BCUT2D eigenvalue weighted by atomic mass is 35.5. The number of unbranched alkanes of at least 4 members (excludes halogenated alkanes) is 1. The van der Waals surface area contributed by atoms with Crippen molar-refractivity contribution in [1.29, 1.82) is 0 Å². The number of ketones is 1. The number of carbonyl (C=O) groups excluding carboxylic acids is 2. The third-order valence-corrected chi connectivity index (χ3v) is 9.94. The van der Waals surface area contributed by atoms with E-state index in [9.17, 15) is 14.7 Å². The molecule has 3 aromatic carbocycles. The van der Waals surface area contributed by atoms with E-state index in [-0.39, 0.29) is 22.6 Å². The van der Waals surface area contributed by atoms with Crippen LogP contribution in [-0.4, -0.2) is 39.7 Å². The number of nitrogens with zero attached hydrogens (tertiary/aromatic N) is 3. The predicted octanol–water partition coefficient (Wildman–Crippen LogP) is 7.61. The standard InChI is InChI=1S/C33H30ClN3O5S2/c1-3-4-14-41-24-10-7-9-20(17-24)28-27(29(38)21-12-13-26-23(16-21)15-19(2)42-26)30(39)31(40)37(28)32-35-36-33(44-32)43-18-22-8-5-6-11-25(22)34/h5-13,16-17,19,28,38H,3-4,14-15,18H2,1-2H3/t19-,28-/m0/s1. The summed E-state index contributed by atoms with van der Waals surface area (Å²) in [5.41, 5.74) is 2.91. The summed E-state index contributed by atoms with van der Waals surface area (Å²) in [6.45, 7) is 4.60. The van der Waals surface area contributed by atoms with E-state index >= 15 is 0 Å². The molecule has 2 aliphatic heterocycles. The zero-order valence-electron chi connectivity index (χ0n) is 24.2. The van der Waals surface area contributed by atoms with Gasteiger partial charge >= 0.3 is 5.91 Å². The molecule has 1 N–H and O–H groups in total. The molecule has 0 radical (unpaired) electrons. The van der Waals surface area contributed by atoms with Crippen LogP contribution >= 0.6 is 34.7 Å². The second-order valence-corrected chi connectivity index (χ2v) is 13.2. The Hall–Kier alpha value is -3.86. The first kappa shape index (κ1) is 30.2. The number of thioether (sulfide) groups is 1. The van der Waals surface area contributed by atoms with E-state index in [2.05, 4.69) is 17.1 Å². The number of Topliss-reactive ketones (excluding diaryl/α,β-unsaturated/α-hetero) is 1. The minimum Gasteiger partial charge on any atom is -0.507 e. The lowest BCUT2D eigenvalue weighted by Gasteiger charge is -2.23. The molecule has 8 nitrogen and oxygen atoms in total. The number of fused-ring (bicyclic) bond motifs is 1. The molecule has 1 saturated heterocycles. The van der Waals surface area contributed by atoms with Gasteiger partial charge in [0.2, 0.25) is 5.13 Å². The number of hydrogen-bond donors (Lipinski definition) is 1. The van der Waals surface area contributed by atoms with Gasteiger partial charge in [-0.1, -0.05) is 78.4 Å². The summed E-state index contributed by atoms with van der Waals surface area (Å²) in [6, 6.07) is 19.2. The lowest BCUT2D eigenvalue weighted by atomic mass is 9.94. The number of rotatable bonds is 10. The average Bonchev–Trinajstić information content (AvgIpc) is 3.71.